The summed E-state index contributed by atoms with van der Waals surface area (Å²) in [5.74, 6) is -4.97. The monoisotopic (exact) mass is 378 g/mol. The van der Waals surface area contributed by atoms with Crippen molar-refractivity contribution in [3.05, 3.63) is 0 Å². The molecule has 0 bridgehead atoms. The molecule has 0 spiro atoms. The molecule has 0 saturated heterocycles. The zero-order valence-electron chi connectivity index (χ0n) is 15.4. The van der Waals surface area contributed by atoms with Gasteiger partial charge in [-0.3, -0.25) is 14.1 Å². The minimum Gasteiger partial charge on any atom is -1.00 e. The number of aliphatic carboxylic acids is 2. The van der Waals surface area contributed by atoms with Crippen LogP contribution in [0.25, 0.3) is 0 Å². The Morgan fingerprint density at radius 1 is 1.00 bits per heavy atom. The number of hydrogen-bond acceptors (Lipinski definition) is 4. The molecule has 0 aliphatic heterocycles. The van der Waals surface area contributed by atoms with Gasteiger partial charge in [-0.2, -0.15) is 8.42 Å². The Balaban J connectivity index is -0.00000220. The summed E-state index contributed by atoms with van der Waals surface area (Å²) >= 11 is 0. The van der Waals surface area contributed by atoms with E-state index in [1.54, 1.807) is 13.8 Å². The molecule has 0 fully saturated rings. The molecule has 0 aromatic rings. The Morgan fingerprint density at radius 2 is 1.43 bits per heavy atom. The zero-order chi connectivity index (χ0) is 17.7. The van der Waals surface area contributed by atoms with Crippen LogP contribution in [-0.4, -0.2) is 39.9 Å². The molecule has 0 heterocycles. The van der Waals surface area contributed by atoms with Crippen molar-refractivity contribution in [2.45, 2.75) is 58.1 Å². The maximum absolute atomic E-state index is 11.8. The average molecular weight is 379 g/mol. The zero-order valence-corrected chi connectivity index (χ0v) is 18.4. The molecule has 132 valence electrons. The largest absolute Gasteiger partial charge is 1.00 e. The van der Waals surface area contributed by atoms with Gasteiger partial charge in [0.25, 0.3) is 10.1 Å². The minimum absolute atomic E-state index is 0. The summed E-state index contributed by atoms with van der Waals surface area (Å²) in [6.45, 7) is 7.17. The van der Waals surface area contributed by atoms with E-state index in [0.29, 0.717) is 6.42 Å². The van der Waals surface area contributed by atoms with Crippen LogP contribution in [0.5, 0.6) is 0 Å². The van der Waals surface area contributed by atoms with Crippen LogP contribution in [0.4, 0.5) is 0 Å². The van der Waals surface area contributed by atoms with Gasteiger partial charge in [0.15, 0.2) is 0 Å². The number of carbonyl (C=O) groups is 2. The first-order valence-corrected chi connectivity index (χ1v) is 8.73. The minimum atomic E-state index is -5.09. The van der Waals surface area contributed by atoms with Gasteiger partial charge in [-0.15, -0.1) is 0 Å². The molecule has 7 nitrogen and oxygen atoms in total. The van der Waals surface area contributed by atoms with E-state index in [4.69, 9.17) is 0 Å². The molecule has 0 aliphatic carbocycles. The molecule has 0 amide bonds. The van der Waals surface area contributed by atoms with E-state index in [9.17, 15) is 32.8 Å². The van der Waals surface area contributed by atoms with Gasteiger partial charge < -0.3 is 11.6 Å². The van der Waals surface area contributed by atoms with Crippen molar-refractivity contribution in [2.75, 3.05) is 0 Å². The third kappa shape index (κ3) is 7.09. The fourth-order valence-corrected chi connectivity index (χ4v) is 3.58. The number of rotatable bonds is 10. The van der Waals surface area contributed by atoms with Gasteiger partial charge in [-0.1, -0.05) is 34.1 Å². The van der Waals surface area contributed by atoms with E-state index in [0.717, 1.165) is 0 Å². The smallest absolute Gasteiger partial charge is 1.00 e. The van der Waals surface area contributed by atoms with Crippen LogP contribution in [0.3, 0.4) is 0 Å². The van der Waals surface area contributed by atoms with Crippen LogP contribution in [0.1, 0.15) is 54.8 Å². The van der Waals surface area contributed by atoms with Crippen molar-refractivity contribution >= 4 is 22.1 Å². The normalized spacial score (nSPS) is 15.8. The van der Waals surface area contributed by atoms with Gasteiger partial charge >= 0.3 is 63.3 Å². The van der Waals surface area contributed by atoms with Crippen LogP contribution in [0.2, 0.25) is 0 Å². The quantitative estimate of drug-likeness (QED) is 0.341. The Bertz CT molecular complexity index is 507. The molecule has 9 heteroatoms. The Kier molecular flexibility index (Phi) is 11.7. The molecule has 0 radical (unpaired) electrons. The summed E-state index contributed by atoms with van der Waals surface area (Å²) in [5.41, 5.74) is 0. The summed E-state index contributed by atoms with van der Waals surface area (Å²) in [6.07, 6.45) is -0.0359. The van der Waals surface area contributed by atoms with E-state index in [-0.39, 0.29) is 77.5 Å². The van der Waals surface area contributed by atoms with Crippen molar-refractivity contribution in [2.24, 2.45) is 17.8 Å². The second kappa shape index (κ2) is 10.5. The van der Waals surface area contributed by atoms with E-state index < -0.39 is 39.1 Å². The predicted molar refractivity (Wildman–Crippen MR) is 82.3 cm³/mol. The van der Waals surface area contributed by atoms with Crippen LogP contribution < -0.4 is 51.4 Å². The molecule has 0 aromatic carbocycles. The van der Waals surface area contributed by atoms with Gasteiger partial charge in [0, 0.05) is 0 Å². The standard InChI is InChI=1S/C14H26O7S.K.H/c1-9(2)5-6-11(12(15)16)14(13(17)18,22(19,20)21)8-7-10(3)4;;/h9-11H,5-8H2,1-4H3,(H,15,16)(H,17,18)(H,19,20,21);;/q;+1;-1. The van der Waals surface area contributed by atoms with E-state index >= 15 is 0 Å². The summed E-state index contributed by atoms with van der Waals surface area (Å²) < 4.78 is 30.4. The van der Waals surface area contributed by atoms with Crippen LogP contribution in [0.15, 0.2) is 0 Å². The SMILES string of the molecule is CC(C)CCC(C(=O)O)C(CCC(C)C)(C(=O)O)S(=O)(=O)O.[H-].[K+]. The van der Waals surface area contributed by atoms with E-state index in [1.165, 1.54) is 0 Å². The van der Waals surface area contributed by atoms with Gasteiger partial charge in [0.05, 0.1) is 5.92 Å². The molecule has 2 atom stereocenters. The summed E-state index contributed by atoms with van der Waals surface area (Å²) in [4.78, 5) is 23.2. The Labute approximate surface area is 181 Å². The van der Waals surface area contributed by atoms with Crippen LogP contribution in [-0.2, 0) is 19.7 Å². The van der Waals surface area contributed by atoms with E-state index in [2.05, 4.69) is 0 Å². The van der Waals surface area contributed by atoms with Crippen molar-refractivity contribution in [1.82, 2.24) is 0 Å². The molecule has 3 N–H and O–H groups in total. The van der Waals surface area contributed by atoms with Gasteiger partial charge in [0.1, 0.15) is 0 Å². The van der Waals surface area contributed by atoms with Crippen LogP contribution in [0, 0.1) is 17.8 Å². The average Bonchev–Trinajstić information content (AvgIpc) is 2.29. The maximum atomic E-state index is 11.8. The molecule has 23 heavy (non-hydrogen) atoms. The Morgan fingerprint density at radius 3 is 1.70 bits per heavy atom. The number of carboxylic acids is 2. The first-order valence-electron chi connectivity index (χ1n) is 7.29. The van der Waals surface area contributed by atoms with Crippen molar-refractivity contribution < 1.29 is 85.6 Å². The Hall–Kier alpha value is 0.486. The molecule has 0 rings (SSSR count). The molecule has 0 saturated carbocycles. The molecule has 0 aliphatic rings. The summed E-state index contributed by atoms with van der Waals surface area (Å²) in [6, 6.07) is 0. The van der Waals surface area contributed by atoms with Crippen molar-refractivity contribution in [3.63, 3.8) is 0 Å². The summed E-state index contributed by atoms with van der Waals surface area (Å²) in [5, 5.41) is 18.8. The van der Waals surface area contributed by atoms with Gasteiger partial charge in [-0.25, -0.2) is 0 Å². The predicted octanol–water partition coefficient (Wildman–Crippen LogP) is -0.613. The van der Waals surface area contributed by atoms with Crippen molar-refractivity contribution in [3.8, 4) is 0 Å². The third-order valence-corrected chi connectivity index (χ3v) is 5.39. The van der Waals surface area contributed by atoms with Crippen molar-refractivity contribution in [1.29, 1.82) is 0 Å². The first-order chi connectivity index (χ1) is 9.86. The van der Waals surface area contributed by atoms with Gasteiger partial charge in [-0.05, 0) is 31.1 Å². The van der Waals surface area contributed by atoms with Crippen LogP contribution >= 0.6 is 0 Å². The first kappa shape index (κ1) is 25.7. The fraction of sp³-hybridized carbons (Fsp3) is 0.857. The fourth-order valence-electron chi connectivity index (χ4n) is 2.41. The summed E-state index contributed by atoms with van der Waals surface area (Å²) in [7, 11) is -5.09. The molecule has 0 aromatic heterocycles. The molecular weight excluding hydrogens is 351 g/mol. The van der Waals surface area contributed by atoms with E-state index in [1.807, 2.05) is 13.8 Å². The maximum Gasteiger partial charge on any atom is 1.00 e. The second-order valence-corrected chi connectivity index (χ2v) is 8.14. The molecular formula is C14H27KO7S. The number of hydrogen-bond donors (Lipinski definition) is 3. The third-order valence-electron chi connectivity index (χ3n) is 3.81. The number of carboxylic acid groups (broad SMARTS) is 2. The molecule has 2 unspecified atom stereocenters. The second-order valence-electron chi connectivity index (χ2n) is 6.46. The topological polar surface area (TPSA) is 129 Å². The van der Waals surface area contributed by atoms with Gasteiger partial charge in [0.2, 0.25) is 4.75 Å².